The summed E-state index contributed by atoms with van der Waals surface area (Å²) in [6, 6.07) is 9.25. The Morgan fingerprint density at radius 2 is 2.04 bits per heavy atom. The molecule has 3 rings (SSSR count). The summed E-state index contributed by atoms with van der Waals surface area (Å²) < 4.78 is 1.77. The quantitative estimate of drug-likeness (QED) is 0.634. The van der Waals surface area contributed by atoms with Crippen molar-refractivity contribution in [2.45, 2.75) is 32.7 Å². The van der Waals surface area contributed by atoms with Gasteiger partial charge in [0.05, 0.1) is 11.7 Å². The first-order valence-electron chi connectivity index (χ1n) is 8.57. The molecule has 0 aliphatic carbocycles. The molecular formula is C18H23N7O. The number of nitrogens with zero attached hydrogens (tertiary/aromatic N) is 4. The average molecular weight is 353 g/mol. The maximum Gasteiger partial charge on any atom is 0.319 e. The number of urea groups is 1. The van der Waals surface area contributed by atoms with Crippen molar-refractivity contribution in [1.82, 2.24) is 30.3 Å². The molecule has 26 heavy (non-hydrogen) atoms. The highest BCUT2D eigenvalue weighted by atomic mass is 16.2. The molecule has 2 aromatic heterocycles. The molecule has 0 radical (unpaired) electrons. The molecule has 1 aromatic carbocycles. The highest BCUT2D eigenvalue weighted by Crippen LogP contribution is 2.16. The molecule has 0 saturated carbocycles. The molecule has 3 N–H and O–H groups in total. The third kappa shape index (κ3) is 4.27. The summed E-state index contributed by atoms with van der Waals surface area (Å²) in [5, 5.41) is 17.0. The summed E-state index contributed by atoms with van der Waals surface area (Å²) >= 11 is 0. The van der Waals surface area contributed by atoms with E-state index in [1.165, 1.54) is 0 Å². The van der Waals surface area contributed by atoms with Crippen molar-refractivity contribution in [2.24, 2.45) is 7.05 Å². The number of hydrogen-bond donors (Lipinski definition) is 3. The number of hydrogen-bond acceptors (Lipinski definition) is 4. The summed E-state index contributed by atoms with van der Waals surface area (Å²) in [7, 11) is 1.87. The van der Waals surface area contributed by atoms with Crippen molar-refractivity contribution in [3.05, 3.63) is 59.4 Å². The number of aromatic amines is 1. The minimum atomic E-state index is -0.240. The molecular weight excluding hydrogens is 330 g/mol. The summed E-state index contributed by atoms with van der Waals surface area (Å²) in [6.07, 6.45) is 3.16. The van der Waals surface area contributed by atoms with Crippen LogP contribution < -0.4 is 10.6 Å². The van der Waals surface area contributed by atoms with E-state index < -0.39 is 0 Å². The molecule has 0 fully saturated rings. The zero-order chi connectivity index (χ0) is 18.5. The van der Waals surface area contributed by atoms with Gasteiger partial charge in [-0.3, -0.25) is 9.78 Å². The average Bonchev–Trinajstić information content (AvgIpc) is 3.23. The Hall–Kier alpha value is -3.16. The maximum atomic E-state index is 12.3. The molecule has 2 heterocycles. The second-order valence-corrected chi connectivity index (χ2v) is 6.15. The van der Waals surface area contributed by atoms with Crippen molar-refractivity contribution in [1.29, 1.82) is 0 Å². The van der Waals surface area contributed by atoms with Crippen molar-refractivity contribution in [3.8, 4) is 0 Å². The van der Waals surface area contributed by atoms with Crippen LogP contribution in [0.1, 0.15) is 42.3 Å². The zero-order valence-corrected chi connectivity index (χ0v) is 15.2. The molecule has 3 aromatic rings. The zero-order valence-electron chi connectivity index (χ0n) is 15.2. The number of nitrogens with one attached hydrogen (secondary N) is 3. The van der Waals surface area contributed by atoms with Crippen LogP contribution in [0.5, 0.6) is 0 Å². The number of anilines is 1. The van der Waals surface area contributed by atoms with Crippen LogP contribution in [0, 0.1) is 6.92 Å². The van der Waals surface area contributed by atoms with E-state index in [2.05, 4.69) is 30.9 Å². The van der Waals surface area contributed by atoms with Gasteiger partial charge in [-0.2, -0.15) is 10.2 Å². The fraction of sp³-hybridized carbons (Fsp3) is 0.333. The molecule has 0 aliphatic heterocycles. The normalized spacial score (nSPS) is 12.0. The molecule has 2 amide bonds. The second kappa shape index (κ2) is 7.81. The SMILES string of the molecule is CC[C@@H](NC(=O)Nc1ccc(Cc2n[nH]c(C)n2)cc1)c1ccnn1C. The molecule has 0 unspecified atom stereocenters. The number of carbonyl (C=O) groups is 1. The predicted molar refractivity (Wildman–Crippen MR) is 98.8 cm³/mol. The lowest BCUT2D eigenvalue weighted by Crippen LogP contribution is -2.33. The van der Waals surface area contributed by atoms with Gasteiger partial charge in [0.25, 0.3) is 0 Å². The molecule has 1 atom stereocenters. The van der Waals surface area contributed by atoms with Crippen LogP contribution in [0.3, 0.4) is 0 Å². The molecule has 8 nitrogen and oxygen atoms in total. The van der Waals surface area contributed by atoms with Crippen molar-refractivity contribution >= 4 is 11.7 Å². The first-order valence-corrected chi connectivity index (χ1v) is 8.57. The molecule has 0 saturated heterocycles. The van der Waals surface area contributed by atoms with Crippen molar-refractivity contribution in [2.75, 3.05) is 5.32 Å². The largest absolute Gasteiger partial charge is 0.330 e. The summed E-state index contributed by atoms with van der Waals surface area (Å²) in [5.74, 6) is 1.55. The van der Waals surface area contributed by atoms with Gasteiger partial charge < -0.3 is 10.6 Å². The predicted octanol–water partition coefficient (Wildman–Crippen LogP) is 2.71. The Balaban J connectivity index is 1.58. The number of aryl methyl sites for hydroxylation is 2. The number of H-pyrrole nitrogens is 1. The Kier molecular flexibility index (Phi) is 5.31. The third-order valence-electron chi connectivity index (χ3n) is 4.15. The summed E-state index contributed by atoms with van der Waals surface area (Å²) in [5.41, 5.74) is 2.79. The standard InChI is InChI=1S/C18H23N7O/c1-4-15(16-9-10-19-25(16)3)22-18(26)21-14-7-5-13(6-8-14)11-17-20-12(2)23-24-17/h5-10,15H,4,11H2,1-3H3,(H,20,23,24)(H2,21,22,26)/t15-/m1/s1. The van der Waals surface area contributed by atoms with Gasteiger partial charge in [0.2, 0.25) is 0 Å². The van der Waals surface area contributed by atoms with E-state index in [4.69, 9.17) is 0 Å². The Labute approximate surface area is 152 Å². The van der Waals surface area contributed by atoms with Gasteiger partial charge in [0, 0.05) is 25.4 Å². The number of rotatable bonds is 6. The van der Waals surface area contributed by atoms with Crippen LogP contribution in [0.15, 0.2) is 36.5 Å². The van der Waals surface area contributed by atoms with Gasteiger partial charge in [0.1, 0.15) is 5.82 Å². The van der Waals surface area contributed by atoms with Crippen molar-refractivity contribution < 1.29 is 4.79 Å². The van der Waals surface area contributed by atoms with Crippen LogP contribution >= 0.6 is 0 Å². The van der Waals surface area contributed by atoms with E-state index in [1.807, 2.05) is 51.2 Å². The number of carbonyl (C=O) groups excluding carboxylic acids is 1. The fourth-order valence-electron chi connectivity index (χ4n) is 2.79. The molecule has 0 bridgehead atoms. The van der Waals surface area contributed by atoms with Crippen LogP contribution in [0.4, 0.5) is 10.5 Å². The molecule has 8 heteroatoms. The Bertz CT molecular complexity index is 866. The lowest BCUT2D eigenvalue weighted by atomic mass is 10.1. The van der Waals surface area contributed by atoms with E-state index in [0.29, 0.717) is 6.42 Å². The van der Waals surface area contributed by atoms with Crippen LogP contribution in [-0.2, 0) is 13.5 Å². The monoisotopic (exact) mass is 353 g/mol. The van der Waals surface area contributed by atoms with Crippen LogP contribution in [0.25, 0.3) is 0 Å². The Morgan fingerprint density at radius 1 is 1.27 bits per heavy atom. The summed E-state index contributed by atoms with van der Waals surface area (Å²) in [4.78, 5) is 16.6. The maximum absolute atomic E-state index is 12.3. The van der Waals surface area contributed by atoms with Gasteiger partial charge in [-0.15, -0.1) is 0 Å². The highest BCUT2D eigenvalue weighted by Gasteiger charge is 2.15. The lowest BCUT2D eigenvalue weighted by molar-refractivity contribution is 0.247. The van der Waals surface area contributed by atoms with Gasteiger partial charge in [-0.05, 0) is 37.1 Å². The second-order valence-electron chi connectivity index (χ2n) is 6.15. The topological polar surface area (TPSA) is 101 Å². The lowest BCUT2D eigenvalue weighted by Gasteiger charge is -2.17. The molecule has 0 spiro atoms. The first-order chi connectivity index (χ1) is 12.5. The van der Waals surface area contributed by atoms with E-state index in [0.717, 1.165) is 35.0 Å². The number of benzene rings is 1. The molecule has 136 valence electrons. The van der Waals surface area contributed by atoms with Gasteiger partial charge in [-0.1, -0.05) is 19.1 Å². The van der Waals surface area contributed by atoms with Gasteiger partial charge in [-0.25, -0.2) is 9.78 Å². The number of aromatic nitrogens is 5. The van der Waals surface area contributed by atoms with E-state index >= 15 is 0 Å². The highest BCUT2D eigenvalue weighted by molar-refractivity contribution is 5.89. The number of amides is 2. The van der Waals surface area contributed by atoms with E-state index in [9.17, 15) is 4.79 Å². The van der Waals surface area contributed by atoms with E-state index in [1.54, 1.807) is 10.9 Å². The minimum Gasteiger partial charge on any atom is -0.330 e. The van der Waals surface area contributed by atoms with Crippen LogP contribution in [-0.4, -0.2) is 31.0 Å². The third-order valence-corrected chi connectivity index (χ3v) is 4.15. The first kappa shape index (κ1) is 17.7. The fourth-order valence-corrected chi connectivity index (χ4v) is 2.79. The Morgan fingerprint density at radius 3 is 2.62 bits per heavy atom. The van der Waals surface area contributed by atoms with Crippen LogP contribution in [0.2, 0.25) is 0 Å². The molecule has 0 aliphatic rings. The minimum absolute atomic E-state index is 0.0873. The van der Waals surface area contributed by atoms with Crippen molar-refractivity contribution in [3.63, 3.8) is 0 Å². The smallest absolute Gasteiger partial charge is 0.319 e. The van der Waals surface area contributed by atoms with Gasteiger partial charge >= 0.3 is 6.03 Å². The summed E-state index contributed by atoms with van der Waals surface area (Å²) in [6.45, 7) is 3.90. The van der Waals surface area contributed by atoms with E-state index in [-0.39, 0.29) is 12.1 Å². The van der Waals surface area contributed by atoms with Gasteiger partial charge in [0.15, 0.2) is 5.82 Å².